The molecule has 2 saturated heterocycles. The number of carbonyl (C=O) groups excluding carboxylic acids is 4. The van der Waals surface area contributed by atoms with Gasteiger partial charge in [-0.1, -0.05) is 12.2 Å². The number of urea groups is 1. The van der Waals surface area contributed by atoms with E-state index in [4.69, 9.17) is 0 Å². The van der Waals surface area contributed by atoms with Crippen molar-refractivity contribution < 1.29 is 19.2 Å². The summed E-state index contributed by atoms with van der Waals surface area (Å²) in [4.78, 5) is 54.9. The van der Waals surface area contributed by atoms with E-state index in [9.17, 15) is 19.2 Å². The van der Waals surface area contributed by atoms with E-state index in [1.165, 1.54) is 4.90 Å². The molecule has 2 heterocycles. The van der Waals surface area contributed by atoms with E-state index in [2.05, 4.69) is 33.1 Å². The quantitative estimate of drug-likeness (QED) is 0.168. The zero-order valence-electron chi connectivity index (χ0n) is 15.7. The molecule has 2 aliphatic carbocycles. The summed E-state index contributed by atoms with van der Waals surface area (Å²) in [7, 11) is 1.60. The van der Waals surface area contributed by atoms with E-state index < -0.39 is 6.03 Å². The number of fused-ring (bicyclic) bond motifs is 5. The summed E-state index contributed by atoms with van der Waals surface area (Å²) >= 11 is 0. The van der Waals surface area contributed by atoms with Gasteiger partial charge in [-0.15, -0.1) is 0 Å². The minimum atomic E-state index is -0.394. The highest BCUT2D eigenvalue weighted by molar-refractivity contribution is 6.06. The molecule has 4 atom stereocenters. The fourth-order valence-electron chi connectivity index (χ4n) is 4.66. The second-order valence-corrected chi connectivity index (χ2v) is 7.46. The lowest BCUT2D eigenvalue weighted by Gasteiger charge is -2.19. The van der Waals surface area contributed by atoms with Gasteiger partial charge in [-0.05, 0) is 18.3 Å². The van der Waals surface area contributed by atoms with Crippen LogP contribution in [0.25, 0.3) is 0 Å². The van der Waals surface area contributed by atoms with E-state index in [0.717, 1.165) is 11.3 Å². The summed E-state index contributed by atoms with van der Waals surface area (Å²) in [5, 5.41) is 8.54. The van der Waals surface area contributed by atoms with Crippen LogP contribution in [-0.2, 0) is 14.4 Å². The Balaban J connectivity index is 1.22. The Morgan fingerprint density at radius 3 is 2.11 bits per heavy atom. The number of hydrogen-bond donors (Lipinski definition) is 3. The largest absolute Gasteiger partial charge is 0.355 e. The lowest BCUT2D eigenvalue weighted by atomic mass is 9.85. The van der Waals surface area contributed by atoms with Crippen molar-refractivity contribution in [3.05, 3.63) is 12.2 Å². The van der Waals surface area contributed by atoms with Crippen LogP contribution >= 0.6 is 0 Å². The fourth-order valence-corrected chi connectivity index (χ4v) is 4.66. The van der Waals surface area contributed by atoms with Crippen molar-refractivity contribution in [3.63, 3.8) is 0 Å². The van der Waals surface area contributed by atoms with Gasteiger partial charge in [0.2, 0.25) is 17.7 Å². The van der Waals surface area contributed by atoms with Gasteiger partial charge in [0, 0.05) is 33.2 Å². The zero-order valence-corrected chi connectivity index (χ0v) is 15.7. The predicted molar refractivity (Wildman–Crippen MR) is 98.9 cm³/mol. The monoisotopic (exact) mass is 388 g/mol. The summed E-state index contributed by atoms with van der Waals surface area (Å²) in [6, 6.07) is -0.394. The second-order valence-electron chi connectivity index (χ2n) is 7.46. The molecule has 150 valence electrons. The molecule has 2 aliphatic heterocycles. The lowest BCUT2D eigenvalue weighted by Crippen LogP contribution is -2.46. The first-order chi connectivity index (χ1) is 13.5. The van der Waals surface area contributed by atoms with Gasteiger partial charge < -0.3 is 16.0 Å². The van der Waals surface area contributed by atoms with Crippen LogP contribution in [0.2, 0.25) is 0 Å². The molecule has 28 heavy (non-hydrogen) atoms. The molecule has 0 spiro atoms. The second kappa shape index (κ2) is 7.25. The van der Waals surface area contributed by atoms with Crippen LogP contribution in [0.5, 0.6) is 0 Å². The molecule has 10 heteroatoms. The van der Waals surface area contributed by atoms with Crippen molar-refractivity contribution in [1.82, 2.24) is 25.8 Å². The Labute approximate surface area is 162 Å². The maximum atomic E-state index is 12.6. The van der Waals surface area contributed by atoms with Crippen molar-refractivity contribution in [2.75, 3.05) is 39.8 Å². The minimum Gasteiger partial charge on any atom is -0.355 e. The third-order valence-electron chi connectivity index (χ3n) is 5.98. The smallest absolute Gasteiger partial charge is 0.324 e. The fraction of sp³-hybridized carbons (Fsp3) is 0.611. The van der Waals surface area contributed by atoms with Gasteiger partial charge in [-0.2, -0.15) is 0 Å². The Kier molecular flexibility index (Phi) is 4.78. The molecule has 0 aromatic carbocycles. The Morgan fingerprint density at radius 1 is 1.04 bits per heavy atom. The number of aliphatic imine (C=N–C) groups is 1. The summed E-state index contributed by atoms with van der Waals surface area (Å²) < 4.78 is 0. The SMILES string of the molecule is CN=C(NCCN1C(=O)CNC1=O)NCCN1C(=O)C2C3C=CC(C3)C2C1=O. The summed E-state index contributed by atoms with van der Waals surface area (Å²) in [6.07, 6.45) is 5.08. The first-order valence-corrected chi connectivity index (χ1v) is 9.57. The maximum absolute atomic E-state index is 12.6. The Bertz CT molecular complexity index is 732. The molecule has 5 amide bonds. The van der Waals surface area contributed by atoms with Gasteiger partial charge in [0.05, 0.1) is 18.4 Å². The van der Waals surface area contributed by atoms with Crippen molar-refractivity contribution >= 4 is 29.7 Å². The van der Waals surface area contributed by atoms with Crippen LogP contribution in [0.1, 0.15) is 6.42 Å². The first kappa shape index (κ1) is 18.5. The summed E-state index contributed by atoms with van der Waals surface area (Å²) in [6.45, 7) is 1.27. The molecule has 4 unspecified atom stereocenters. The Morgan fingerprint density at radius 2 is 1.61 bits per heavy atom. The van der Waals surface area contributed by atoms with Gasteiger partial charge >= 0.3 is 6.03 Å². The molecule has 3 N–H and O–H groups in total. The number of hydrogen-bond acceptors (Lipinski definition) is 5. The van der Waals surface area contributed by atoms with Crippen LogP contribution in [0.4, 0.5) is 4.79 Å². The van der Waals surface area contributed by atoms with Gasteiger partial charge in [0.1, 0.15) is 0 Å². The van der Waals surface area contributed by atoms with E-state index in [1.807, 2.05) is 0 Å². The van der Waals surface area contributed by atoms with Gasteiger partial charge in [0.25, 0.3) is 0 Å². The average Bonchev–Trinajstić information content (AvgIpc) is 3.43. The molecule has 0 radical (unpaired) electrons. The third kappa shape index (κ3) is 3.02. The maximum Gasteiger partial charge on any atom is 0.324 e. The number of imide groups is 2. The van der Waals surface area contributed by atoms with Crippen LogP contribution in [0.3, 0.4) is 0 Å². The zero-order chi connectivity index (χ0) is 19.8. The molecule has 10 nitrogen and oxygen atoms in total. The highest BCUT2D eigenvalue weighted by atomic mass is 16.2. The Hall–Kier alpha value is -2.91. The third-order valence-corrected chi connectivity index (χ3v) is 5.98. The number of allylic oxidation sites excluding steroid dienone is 2. The van der Waals surface area contributed by atoms with Crippen LogP contribution in [-0.4, -0.2) is 79.3 Å². The number of nitrogens with one attached hydrogen (secondary N) is 3. The predicted octanol–water partition coefficient (Wildman–Crippen LogP) is -1.49. The molecule has 4 rings (SSSR count). The molecule has 2 bridgehead atoms. The number of likely N-dealkylation sites (tertiary alicyclic amines) is 1. The molecule has 4 aliphatic rings. The normalized spacial score (nSPS) is 31.1. The van der Waals surface area contributed by atoms with Crippen molar-refractivity contribution in [3.8, 4) is 0 Å². The van der Waals surface area contributed by atoms with Gasteiger partial charge in [-0.25, -0.2) is 4.79 Å². The lowest BCUT2D eigenvalue weighted by molar-refractivity contribution is -0.140. The molecular weight excluding hydrogens is 364 g/mol. The van der Waals surface area contributed by atoms with Gasteiger partial charge in [0.15, 0.2) is 5.96 Å². The number of carbonyl (C=O) groups is 4. The molecule has 3 fully saturated rings. The molecule has 0 aromatic heterocycles. The molecule has 1 saturated carbocycles. The highest BCUT2D eigenvalue weighted by Gasteiger charge is 2.58. The molecule has 0 aromatic rings. The van der Waals surface area contributed by atoms with E-state index >= 15 is 0 Å². The number of guanidine groups is 1. The summed E-state index contributed by atoms with van der Waals surface area (Å²) in [5.41, 5.74) is 0. The standard InChI is InChI=1S/C18H24N6O4/c1-19-17(20-4-6-23-12(25)9-22-18(23)28)21-5-7-24-15(26)13-10-2-3-11(8-10)14(13)16(24)27/h2-3,10-11,13-14H,4-9H2,1H3,(H,22,28)(H2,19,20,21). The van der Waals surface area contributed by atoms with Crippen molar-refractivity contribution in [2.45, 2.75) is 6.42 Å². The number of nitrogens with zero attached hydrogens (tertiary/aromatic N) is 3. The van der Waals surface area contributed by atoms with Gasteiger partial charge in [-0.3, -0.25) is 29.2 Å². The number of amides is 5. The topological polar surface area (TPSA) is 123 Å². The van der Waals surface area contributed by atoms with E-state index in [0.29, 0.717) is 19.0 Å². The van der Waals surface area contributed by atoms with E-state index in [1.54, 1.807) is 7.05 Å². The summed E-state index contributed by atoms with van der Waals surface area (Å²) in [5.74, 6) is 0.176. The average molecular weight is 388 g/mol. The van der Waals surface area contributed by atoms with Crippen LogP contribution in [0.15, 0.2) is 17.1 Å². The number of rotatable bonds is 6. The molecular formula is C18H24N6O4. The van der Waals surface area contributed by atoms with Crippen LogP contribution in [0, 0.1) is 23.7 Å². The minimum absolute atomic E-state index is 0.0307. The first-order valence-electron chi connectivity index (χ1n) is 9.57. The highest BCUT2D eigenvalue weighted by Crippen LogP contribution is 2.52. The van der Waals surface area contributed by atoms with Crippen LogP contribution < -0.4 is 16.0 Å². The van der Waals surface area contributed by atoms with E-state index in [-0.39, 0.29) is 61.0 Å². The van der Waals surface area contributed by atoms with Crippen molar-refractivity contribution in [2.24, 2.45) is 28.7 Å². The van der Waals surface area contributed by atoms with Crippen molar-refractivity contribution in [1.29, 1.82) is 0 Å².